The molecule has 2 unspecified atom stereocenters. The summed E-state index contributed by atoms with van der Waals surface area (Å²) >= 11 is 6.89. The number of hydrogen-bond acceptors (Lipinski definition) is 4. The lowest BCUT2D eigenvalue weighted by Crippen LogP contribution is -2.26. The summed E-state index contributed by atoms with van der Waals surface area (Å²) in [6.07, 6.45) is -1.84. The molecule has 0 aliphatic heterocycles. The largest absolute Gasteiger partial charge is 0.389 e. The molecule has 3 nitrogen and oxygen atoms in total. The summed E-state index contributed by atoms with van der Waals surface area (Å²) in [5, 5.41) is 18.6. The van der Waals surface area contributed by atoms with E-state index in [0.29, 0.717) is 9.21 Å². The Morgan fingerprint density at radius 2 is 2.17 bits per heavy atom. The Morgan fingerprint density at radius 3 is 2.58 bits per heavy atom. The molecule has 1 aromatic rings. The van der Waals surface area contributed by atoms with Crippen molar-refractivity contribution in [1.29, 1.82) is 0 Å². The Kier molecular flexibility index (Phi) is 3.49. The summed E-state index contributed by atoms with van der Waals surface area (Å²) in [5.74, 6) is 0. The first-order chi connectivity index (χ1) is 5.65. The van der Waals surface area contributed by atoms with Crippen LogP contribution in [-0.2, 0) is 0 Å². The lowest BCUT2D eigenvalue weighted by atomic mass is 10.2. The molecule has 0 spiro atoms. The van der Waals surface area contributed by atoms with E-state index < -0.39 is 12.2 Å². The van der Waals surface area contributed by atoms with Gasteiger partial charge in [-0.15, -0.1) is 11.3 Å². The highest BCUT2D eigenvalue weighted by molar-refractivity contribution is 7.16. The van der Waals surface area contributed by atoms with Crippen LogP contribution in [-0.4, -0.2) is 22.9 Å². The molecule has 1 heterocycles. The molecule has 5 heteroatoms. The molecule has 0 amide bonds. The van der Waals surface area contributed by atoms with Gasteiger partial charge in [-0.2, -0.15) is 0 Å². The minimum atomic E-state index is -0.924. The van der Waals surface area contributed by atoms with Gasteiger partial charge in [0, 0.05) is 11.4 Å². The Bertz CT molecular complexity index is 253. The van der Waals surface area contributed by atoms with Crippen LogP contribution in [0.25, 0.3) is 0 Å². The number of aliphatic hydroxyl groups is 2. The van der Waals surface area contributed by atoms with E-state index in [1.165, 1.54) is 11.3 Å². The second kappa shape index (κ2) is 4.20. The summed E-state index contributed by atoms with van der Waals surface area (Å²) in [5.41, 5.74) is 5.18. The van der Waals surface area contributed by atoms with Gasteiger partial charge in [-0.05, 0) is 12.1 Å². The molecule has 68 valence electrons. The summed E-state index contributed by atoms with van der Waals surface area (Å²) in [4.78, 5) is 0.637. The zero-order valence-electron chi connectivity index (χ0n) is 6.27. The van der Waals surface area contributed by atoms with Gasteiger partial charge in [0.2, 0.25) is 0 Å². The summed E-state index contributed by atoms with van der Waals surface area (Å²) in [6.45, 7) is 0.0384. The average molecular weight is 208 g/mol. The summed E-state index contributed by atoms with van der Waals surface area (Å²) in [6, 6.07) is 3.35. The molecule has 2 atom stereocenters. The van der Waals surface area contributed by atoms with Crippen LogP contribution in [0.1, 0.15) is 11.0 Å². The standard InChI is InChI=1S/C7H10ClNO2S/c8-6-2-1-5(12-6)7(11)4(10)3-9/h1-2,4,7,10-11H,3,9H2. The van der Waals surface area contributed by atoms with Crippen molar-refractivity contribution in [3.05, 3.63) is 21.3 Å². The van der Waals surface area contributed by atoms with E-state index in [2.05, 4.69) is 0 Å². The fourth-order valence-electron chi connectivity index (χ4n) is 0.806. The van der Waals surface area contributed by atoms with Crippen molar-refractivity contribution in [2.24, 2.45) is 5.73 Å². The second-order valence-electron chi connectivity index (χ2n) is 2.39. The van der Waals surface area contributed by atoms with Crippen molar-refractivity contribution in [3.8, 4) is 0 Å². The van der Waals surface area contributed by atoms with Gasteiger partial charge < -0.3 is 15.9 Å². The number of rotatable bonds is 3. The predicted molar refractivity (Wildman–Crippen MR) is 49.4 cm³/mol. The molecule has 0 aliphatic rings. The number of hydrogen-bond donors (Lipinski definition) is 3. The highest BCUT2D eigenvalue weighted by atomic mass is 35.5. The van der Waals surface area contributed by atoms with E-state index in [0.717, 1.165) is 0 Å². The zero-order valence-corrected chi connectivity index (χ0v) is 7.85. The molecule has 12 heavy (non-hydrogen) atoms. The van der Waals surface area contributed by atoms with Gasteiger partial charge in [-0.1, -0.05) is 11.6 Å². The minimum absolute atomic E-state index is 0.0384. The second-order valence-corrected chi connectivity index (χ2v) is 4.14. The van der Waals surface area contributed by atoms with Crippen LogP contribution in [0.4, 0.5) is 0 Å². The monoisotopic (exact) mass is 207 g/mol. The fourth-order valence-corrected chi connectivity index (χ4v) is 1.91. The number of nitrogens with two attached hydrogens (primary N) is 1. The van der Waals surface area contributed by atoms with Crippen LogP contribution >= 0.6 is 22.9 Å². The van der Waals surface area contributed by atoms with Gasteiger partial charge in [0.15, 0.2) is 0 Å². The third-order valence-electron chi connectivity index (χ3n) is 1.49. The van der Waals surface area contributed by atoms with Crippen molar-refractivity contribution in [1.82, 2.24) is 0 Å². The van der Waals surface area contributed by atoms with E-state index in [-0.39, 0.29) is 6.54 Å². The van der Waals surface area contributed by atoms with Crippen molar-refractivity contribution >= 4 is 22.9 Å². The zero-order chi connectivity index (χ0) is 9.14. The van der Waals surface area contributed by atoms with E-state index in [4.69, 9.17) is 17.3 Å². The Labute approximate surface area is 79.4 Å². The Balaban J connectivity index is 2.70. The number of thiophene rings is 1. The molecule has 0 saturated heterocycles. The Morgan fingerprint density at radius 1 is 1.50 bits per heavy atom. The third kappa shape index (κ3) is 2.18. The maximum Gasteiger partial charge on any atom is 0.115 e. The molecular weight excluding hydrogens is 198 g/mol. The third-order valence-corrected chi connectivity index (χ3v) is 2.79. The van der Waals surface area contributed by atoms with E-state index in [1.54, 1.807) is 12.1 Å². The number of halogens is 1. The lowest BCUT2D eigenvalue weighted by Gasteiger charge is -2.13. The Hall–Kier alpha value is -0.130. The van der Waals surface area contributed by atoms with Gasteiger partial charge in [-0.3, -0.25) is 0 Å². The topological polar surface area (TPSA) is 66.5 Å². The fraction of sp³-hybridized carbons (Fsp3) is 0.429. The van der Waals surface area contributed by atoms with Crippen LogP contribution in [0.2, 0.25) is 4.34 Å². The average Bonchev–Trinajstić information content (AvgIpc) is 2.49. The minimum Gasteiger partial charge on any atom is -0.389 e. The van der Waals surface area contributed by atoms with Crippen molar-refractivity contribution < 1.29 is 10.2 Å². The summed E-state index contributed by atoms with van der Waals surface area (Å²) in [7, 11) is 0. The molecule has 0 radical (unpaired) electrons. The van der Waals surface area contributed by atoms with Crippen molar-refractivity contribution in [2.45, 2.75) is 12.2 Å². The van der Waals surface area contributed by atoms with Crippen LogP contribution in [0.3, 0.4) is 0 Å². The van der Waals surface area contributed by atoms with E-state index >= 15 is 0 Å². The molecule has 0 aromatic carbocycles. The van der Waals surface area contributed by atoms with Crippen LogP contribution < -0.4 is 5.73 Å². The van der Waals surface area contributed by atoms with Crippen LogP contribution in [0.5, 0.6) is 0 Å². The first-order valence-electron chi connectivity index (χ1n) is 3.46. The molecule has 0 fully saturated rings. The smallest absolute Gasteiger partial charge is 0.115 e. The number of aliphatic hydroxyl groups excluding tert-OH is 2. The van der Waals surface area contributed by atoms with Gasteiger partial charge in [-0.25, -0.2) is 0 Å². The van der Waals surface area contributed by atoms with Crippen molar-refractivity contribution in [3.63, 3.8) is 0 Å². The maximum atomic E-state index is 9.42. The first kappa shape index (κ1) is 9.95. The van der Waals surface area contributed by atoms with Gasteiger partial charge >= 0.3 is 0 Å². The molecule has 4 N–H and O–H groups in total. The van der Waals surface area contributed by atoms with Gasteiger partial charge in [0.25, 0.3) is 0 Å². The van der Waals surface area contributed by atoms with E-state index in [9.17, 15) is 10.2 Å². The first-order valence-corrected chi connectivity index (χ1v) is 4.66. The molecule has 0 aliphatic carbocycles. The quantitative estimate of drug-likeness (QED) is 0.686. The highest BCUT2D eigenvalue weighted by Gasteiger charge is 2.18. The highest BCUT2D eigenvalue weighted by Crippen LogP contribution is 2.28. The van der Waals surface area contributed by atoms with Crippen LogP contribution in [0, 0.1) is 0 Å². The van der Waals surface area contributed by atoms with E-state index in [1.807, 2.05) is 0 Å². The predicted octanol–water partition coefficient (Wildman–Crippen LogP) is 0.755. The van der Waals surface area contributed by atoms with Crippen molar-refractivity contribution in [2.75, 3.05) is 6.54 Å². The lowest BCUT2D eigenvalue weighted by molar-refractivity contribution is 0.0265. The normalized spacial score (nSPS) is 16.0. The molecule has 1 rings (SSSR count). The molecule has 0 saturated carbocycles. The summed E-state index contributed by atoms with van der Waals surface area (Å²) < 4.78 is 0.591. The van der Waals surface area contributed by atoms with Crippen LogP contribution in [0.15, 0.2) is 12.1 Å². The molecule has 1 aromatic heterocycles. The van der Waals surface area contributed by atoms with Gasteiger partial charge in [0.1, 0.15) is 6.10 Å². The molecular formula is C7H10ClNO2S. The van der Waals surface area contributed by atoms with Gasteiger partial charge in [0.05, 0.1) is 10.4 Å². The maximum absolute atomic E-state index is 9.42. The molecule has 0 bridgehead atoms. The SMILES string of the molecule is NCC(O)C(O)c1ccc(Cl)s1.